The van der Waals surface area contributed by atoms with E-state index in [9.17, 15) is 13.2 Å². The molecule has 2 aromatic rings. The lowest BCUT2D eigenvalue weighted by atomic mass is 10.0. The molecule has 2 rings (SSSR count). The minimum absolute atomic E-state index is 0.354. The number of halogens is 4. The zero-order chi connectivity index (χ0) is 15.4. The second kappa shape index (κ2) is 7.12. The van der Waals surface area contributed by atoms with E-state index in [2.05, 4.69) is 22.9 Å². The first-order valence-electron chi connectivity index (χ1n) is 6.90. The highest BCUT2D eigenvalue weighted by atomic mass is 79.9. The molecule has 0 spiro atoms. The Morgan fingerprint density at radius 3 is 2.05 bits per heavy atom. The molecular formula is C17H16BrF3. The van der Waals surface area contributed by atoms with Gasteiger partial charge in [0.05, 0.1) is 4.83 Å². The van der Waals surface area contributed by atoms with Crippen LogP contribution >= 0.6 is 15.9 Å². The van der Waals surface area contributed by atoms with Gasteiger partial charge in [-0.3, -0.25) is 0 Å². The fourth-order valence-electron chi connectivity index (χ4n) is 2.15. The van der Waals surface area contributed by atoms with Crippen molar-refractivity contribution in [3.8, 4) is 0 Å². The van der Waals surface area contributed by atoms with Crippen molar-refractivity contribution in [1.82, 2.24) is 0 Å². The van der Waals surface area contributed by atoms with E-state index in [1.165, 1.54) is 5.56 Å². The smallest absolute Gasteiger partial charge is 0.194 e. The van der Waals surface area contributed by atoms with Crippen molar-refractivity contribution >= 4 is 15.9 Å². The Labute approximate surface area is 131 Å². The van der Waals surface area contributed by atoms with Crippen LogP contribution in [-0.2, 0) is 6.42 Å². The van der Waals surface area contributed by atoms with E-state index in [1.54, 1.807) is 0 Å². The predicted molar refractivity (Wildman–Crippen MR) is 82.1 cm³/mol. The van der Waals surface area contributed by atoms with Crippen molar-refractivity contribution in [2.24, 2.45) is 0 Å². The topological polar surface area (TPSA) is 0 Å². The van der Waals surface area contributed by atoms with Crippen molar-refractivity contribution in [1.29, 1.82) is 0 Å². The molecule has 4 heteroatoms. The molecule has 0 radical (unpaired) electrons. The number of alkyl halides is 1. The first kappa shape index (κ1) is 16.1. The quantitative estimate of drug-likeness (QED) is 0.460. The van der Waals surface area contributed by atoms with Crippen LogP contribution in [-0.4, -0.2) is 0 Å². The Hall–Kier alpha value is -1.29. The van der Waals surface area contributed by atoms with Crippen molar-refractivity contribution < 1.29 is 13.2 Å². The minimum Gasteiger partial charge on any atom is -0.204 e. The molecule has 0 aliphatic heterocycles. The van der Waals surface area contributed by atoms with Crippen molar-refractivity contribution in [3.05, 3.63) is 70.5 Å². The van der Waals surface area contributed by atoms with Gasteiger partial charge >= 0.3 is 0 Å². The molecule has 0 aliphatic rings. The highest BCUT2D eigenvalue weighted by molar-refractivity contribution is 9.09. The third-order valence-corrected chi connectivity index (χ3v) is 4.45. The molecule has 0 amide bonds. The third kappa shape index (κ3) is 3.88. The summed E-state index contributed by atoms with van der Waals surface area (Å²) >= 11 is 3.41. The molecular weight excluding hydrogens is 341 g/mol. The van der Waals surface area contributed by atoms with E-state index in [0.29, 0.717) is 5.56 Å². The third-order valence-electron chi connectivity index (χ3n) is 3.39. The molecule has 0 nitrogen and oxygen atoms in total. The van der Waals surface area contributed by atoms with Crippen molar-refractivity contribution in [2.75, 3.05) is 0 Å². The summed E-state index contributed by atoms with van der Waals surface area (Å²) in [4.78, 5) is -0.373. The van der Waals surface area contributed by atoms with Crippen molar-refractivity contribution in [3.63, 3.8) is 0 Å². The Balaban J connectivity index is 2.21. The molecule has 0 saturated heterocycles. The molecule has 112 valence electrons. The number of hydrogen-bond acceptors (Lipinski definition) is 0. The Bertz CT molecular complexity index is 585. The van der Waals surface area contributed by atoms with E-state index in [1.807, 2.05) is 24.3 Å². The van der Waals surface area contributed by atoms with Gasteiger partial charge in [0.15, 0.2) is 17.5 Å². The summed E-state index contributed by atoms with van der Waals surface area (Å²) in [5.41, 5.74) is 2.46. The fourth-order valence-corrected chi connectivity index (χ4v) is 2.72. The van der Waals surface area contributed by atoms with E-state index < -0.39 is 17.5 Å². The zero-order valence-electron chi connectivity index (χ0n) is 11.7. The van der Waals surface area contributed by atoms with E-state index in [4.69, 9.17) is 0 Å². The molecule has 2 aromatic carbocycles. The van der Waals surface area contributed by atoms with Gasteiger partial charge in [-0.2, -0.15) is 0 Å². The average molecular weight is 357 g/mol. The molecule has 0 bridgehead atoms. The lowest BCUT2D eigenvalue weighted by molar-refractivity contribution is 0.445. The van der Waals surface area contributed by atoms with Gasteiger partial charge in [0.25, 0.3) is 0 Å². The van der Waals surface area contributed by atoms with Crippen LogP contribution in [0.2, 0.25) is 0 Å². The number of unbranched alkanes of at least 4 members (excludes halogenated alkanes) is 1. The maximum absolute atomic E-state index is 13.3. The highest BCUT2D eigenvalue weighted by Crippen LogP contribution is 2.32. The van der Waals surface area contributed by atoms with Crippen LogP contribution in [0.25, 0.3) is 0 Å². The molecule has 0 fully saturated rings. The summed E-state index contributed by atoms with van der Waals surface area (Å²) < 4.78 is 39.6. The maximum atomic E-state index is 13.3. The number of rotatable bonds is 5. The van der Waals surface area contributed by atoms with Gasteiger partial charge in [0, 0.05) is 0 Å². The average Bonchev–Trinajstić information content (AvgIpc) is 2.50. The first-order chi connectivity index (χ1) is 10.0. The second-order valence-electron chi connectivity index (χ2n) is 5.01. The highest BCUT2D eigenvalue weighted by Gasteiger charge is 2.16. The van der Waals surface area contributed by atoms with Gasteiger partial charge in [0.1, 0.15) is 0 Å². The Morgan fingerprint density at radius 2 is 1.52 bits per heavy atom. The SMILES string of the molecule is CCCCc1ccc(C(Br)c2cc(F)c(F)c(F)c2)cc1. The van der Waals surface area contributed by atoms with Crippen LogP contribution in [0.4, 0.5) is 13.2 Å². The summed E-state index contributed by atoms with van der Waals surface area (Å²) in [6, 6.07) is 9.89. The molecule has 0 aliphatic carbocycles. The summed E-state index contributed by atoms with van der Waals surface area (Å²) in [6.07, 6.45) is 3.28. The molecule has 21 heavy (non-hydrogen) atoms. The van der Waals surface area contributed by atoms with E-state index in [0.717, 1.165) is 37.0 Å². The standard InChI is InChI=1S/C17H16BrF3/c1-2-3-4-11-5-7-12(8-6-11)16(18)13-9-14(19)17(21)15(20)10-13/h5-10,16H,2-4H2,1H3. The van der Waals surface area contributed by atoms with Crippen LogP contribution in [0.1, 0.15) is 41.3 Å². The first-order valence-corrected chi connectivity index (χ1v) is 7.81. The maximum Gasteiger partial charge on any atom is 0.194 e. The Kier molecular flexibility index (Phi) is 5.45. The van der Waals surface area contributed by atoms with Gasteiger partial charge < -0.3 is 0 Å². The predicted octanol–water partition coefficient (Wildman–Crippen LogP) is 5.93. The summed E-state index contributed by atoms with van der Waals surface area (Å²) in [6.45, 7) is 2.14. The lowest BCUT2D eigenvalue weighted by Gasteiger charge is -2.12. The van der Waals surface area contributed by atoms with Crippen LogP contribution in [0, 0.1) is 17.5 Å². The van der Waals surface area contributed by atoms with Crippen LogP contribution in [0.3, 0.4) is 0 Å². The number of aryl methyl sites for hydroxylation is 1. The van der Waals surface area contributed by atoms with Crippen molar-refractivity contribution in [2.45, 2.75) is 31.0 Å². The largest absolute Gasteiger partial charge is 0.204 e. The van der Waals surface area contributed by atoms with Gasteiger partial charge in [-0.25, -0.2) is 13.2 Å². The second-order valence-corrected chi connectivity index (χ2v) is 5.92. The molecule has 0 N–H and O–H groups in total. The van der Waals surface area contributed by atoms with Gasteiger partial charge in [-0.15, -0.1) is 0 Å². The van der Waals surface area contributed by atoms with Gasteiger partial charge in [-0.05, 0) is 41.7 Å². The molecule has 1 unspecified atom stereocenters. The molecule has 0 aromatic heterocycles. The number of hydrogen-bond donors (Lipinski definition) is 0. The normalized spacial score (nSPS) is 12.4. The minimum atomic E-state index is -1.44. The van der Waals surface area contributed by atoms with E-state index in [-0.39, 0.29) is 4.83 Å². The van der Waals surface area contributed by atoms with Gasteiger partial charge in [0.2, 0.25) is 0 Å². The monoisotopic (exact) mass is 356 g/mol. The molecule has 0 heterocycles. The lowest BCUT2D eigenvalue weighted by Crippen LogP contribution is -1.99. The molecule has 1 atom stereocenters. The zero-order valence-corrected chi connectivity index (χ0v) is 13.3. The summed E-state index contributed by atoms with van der Waals surface area (Å²) in [5, 5.41) is 0. The van der Waals surface area contributed by atoms with Crippen LogP contribution in [0.5, 0.6) is 0 Å². The summed E-state index contributed by atoms with van der Waals surface area (Å²) in [7, 11) is 0. The van der Waals surface area contributed by atoms with Crippen LogP contribution < -0.4 is 0 Å². The number of benzene rings is 2. The molecule has 0 saturated carbocycles. The van der Waals surface area contributed by atoms with E-state index >= 15 is 0 Å². The van der Waals surface area contributed by atoms with Crippen LogP contribution in [0.15, 0.2) is 36.4 Å². The fraction of sp³-hybridized carbons (Fsp3) is 0.294. The summed E-state index contributed by atoms with van der Waals surface area (Å²) in [5.74, 6) is -3.78. The Morgan fingerprint density at radius 1 is 0.952 bits per heavy atom. The van der Waals surface area contributed by atoms with Gasteiger partial charge in [-0.1, -0.05) is 53.5 Å².